The first-order valence-corrected chi connectivity index (χ1v) is 7.08. The molecule has 0 N–H and O–H groups in total. The van der Waals surface area contributed by atoms with Gasteiger partial charge >= 0.3 is 0 Å². The van der Waals surface area contributed by atoms with Crippen LogP contribution in [-0.4, -0.2) is 4.98 Å². The summed E-state index contributed by atoms with van der Waals surface area (Å²) in [5.41, 5.74) is 6.21. The molecule has 0 aliphatic carbocycles. The van der Waals surface area contributed by atoms with Crippen molar-refractivity contribution in [3.8, 4) is 11.1 Å². The molecule has 0 spiro atoms. The summed E-state index contributed by atoms with van der Waals surface area (Å²) < 4.78 is 6.10. The highest BCUT2D eigenvalue weighted by molar-refractivity contribution is 6.09. The number of nitrogens with zero attached hydrogens (tertiary/aromatic N) is 1. The fourth-order valence-corrected chi connectivity index (χ4v) is 2.96. The molecule has 0 amide bonds. The van der Waals surface area contributed by atoms with Crippen molar-refractivity contribution in [3.05, 3.63) is 66.0 Å². The van der Waals surface area contributed by atoms with Crippen molar-refractivity contribution in [3.63, 3.8) is 0 Å². The summed E-state index contributed by atoms with van der Waals surface area (Å²) in [5.74, 6) is 0. The van der Waals surface area contributed by atoms with Gasteiger partial charge in [0.15, 0.2) is 0 Å². The first kappa shape index (κ1) is 12.2. The standard InChI is InChI=1S/C19H15NO/c1-12-10-14(11-13(2)20-12)15-7-5-8-17-16-6-3-4-9-18(16)21-19(15)17/h3-11H,1-2H3. The molecule has 0 atom stereocenters. The highest BCUT2D eigenvalue weighted by atomic mass is 16.3. The Labute approximate surface area is 123 Å². The van der Waals surface area contributed by atoms with Crippen LogP contribution in [0.2, 0.25) is 0 Å². The zero-order valence-corrected chi connectivity index (χ0v) is 12.1. The second-order valence-corrected chi connectivity index (χ2v) is 5.42. The molecule has 0 radical (unpaired) electrons. The van der Waals surface area contributed by atoms with Crippen LogP contribution in [0.1, 0.15) is 11.4 Å². The first-order valence-electron chi connectivity index (χ1n) is 7.08. The maximum atomic E-state index is 6.10. The Morgan fingerprint density at radius 1 is 0.810 bits per heavy atom. The molecule has 102 valence electrons. The van der Waals surface area contributed by atoms with Gasteiger partial charge in [-0.1, -0.05) is 36.4 Å². The summed E-state index contributed by atoms with van der Waals surface area (Å²) in [4.78, 5) is 4.45. The maximum Gasteiger partial charge on any atom is 0.143 e. The van der Waals surface area contributed by atoms with Gasteiger partial charge in [-0.2, -0.15) is 0 Å². The molecule has 4 aromatic rings. The van der Waals surface area contributed by atoms with Gasteiger partial charge in [0.25, 0.3) is 0 Å². The molecular weight excluding hydrogens is 258 g/mol. The van der Waals surface area contributed by atoms with Crippen LogP contribution in [0, 0.1) is 13.8 Å². The first-order chi connectivity index (χ1) is 10.2. The van der Waals surface area contributed by atoms with Crippen molar-refractivity contribution in [2.75, 3.05) is 0 Å². The lowest BCUT2D eigenvalue weighted by Crippen LogP contribution is -1.88. The molecular formula is C19H15NO. The predicted octanol–water partition coefficient (Wildman–Crippen LogP) is 5.26. The molecule has 0 aliphatic rings. The van der Waals surface area contributed by atoms with Crippen molar-refractivity contribution >= 4 is 21.9 Å². The molecule has 21 heavy (non-hydrogen) atoms. The van der Waals surface area contributed by atoms with Crippen LogP contribution in [0.3, 0.4) is 0 Å². The number of fused-ring (bicyclic) bond motifs is 3. The second kappa shape index (κ2) is 4.45. The fourth-order valence-electron chi connectivity index (χ4n) is 2.96. The van der Waals surface area contributed by atoms with E-state index in [0.29, 0.717) is 0 Å². The quantitative estimate of drug-likeness (QED) is 0.472. The molecule has 2 heteroatoms. The molecule has 2 nitrogen and oxygen atoms in total. The van der Waals surface area contributed by atoms with E-state index >= 15 is 0 Å². The minimum absolute atomic E-state index is 0.933. The van der Waals surface area contributed by atoms with Crippen LogP contribution in [0.5, 0.6) is 0 Å². The lowest BCUT2D eigenvalue weighted by molar-refractivity contribution is 0.670. The molecule has 2 heterocycles. The Hall–Kier alpha value is -2.61. The summed E-state index contributed by atoms with van der Waals surface area (Å²) in [7, 11) is 0. The molecule has 0 fully saturated rings. The van der Waals surface area contributed by atoms with Gasteiger partial charge in [0.2, 0.25) is 0 Å². The average Bonchev–Trinajstić information content (AvgIpc) is 2.84. The van der Waals surface area contributed by atoms with Gasteiger partial charge in [-0.25, -0.2) is 0 Å². The van der Waals surface area contributed by atoms with Crippen molar-refractivity contribution in [1.29, 1.82) is 0 Å². The van der Waals surface area contributed by atoms with Gasteiger partial charge in [0, 0.05) is 27.7 Å². The minimum atomic E-state index is 0.933. The summed E-state index contributed by atoms with van der Waals surface area (Å²) >= 11 is 0. The van der Waals surface area contributed by atoms with Gasteiger partial charge in [-0.3, -0.25) is 4.98 Å². The van der Waals surface area contributed by atoms with Gasteiger partial charge in [0.1, 0.15) is 11.2 Å². The highest BCUT2D eigenvalue weighted by Crippen LogP contribution is 2.35. The summed E-state index contributed by atoms with van der Waals surface area (Å²) in [5, 5.41) is 2.33. The predicted molar refractivity (Wildman–Crippen MR) is 86.4 cm³/mol. The van der Waals surface area contributed by atoms with Crippen molar-refractivity contribution < 1.29 is 4.42 Å². The van der Waals surface area contributed by atoms with Crippen LogP contribution in [0.4, 0.5) is 0 Å². The van der Waals surface area contributed by atoms with E-state index in [0.717, 1.165) is 44.5 Å². The SMILES string of the molecule is Cc1cc(-c2cccc3c2oc2ccccc23)cc(C)n1. The second-order valence-electron chi connectivity index (χ2n) is 5.42. The van der Waals surface area contributed by atoms with Crippen molar-refractivity contribution in [1.82, 2.24) is 4.98 Å². The number of rotatable bonds is 1. The summed E-state index contributed by atoms with van der Waals surface area (Å²) in [6, 6.07) is 18.7. The molecule has 0 aliphatic heterocycles. The van der Waals surface area contributed by atoms with Gasteiger partial charge in [-0.15, -0.1) is 0 Å². The van der Waals surface area contributed by atoms with Crippen molar-refractivity contribution in [2.45, 2.75) is 13.8 Å². The van der Waals surface area contributed by atoms with Gasteiger partial charge in [0.05, 0.1) is 0 Å². The van der Waals surface area contributed by atoms with Crippen LogP contribution >= 0.6 is 0 Å². The Bertz CT molecular complexity index is 946. The number of pyridine rings is 1. The molecule has 0 saturated heterocycles. The van der Waals surface area contributed by atoms with E-state index in [1.807, 2.05) is 32.0 Å². The number of aromatic nitrogens is 1. The van der Waals surface area contributed by atoms with Crippen LogP contribution < -0.4 is 0 Å². The molecule has 2 aromatic carbocycles. The van der Waals surface area contributed by atoms with E-state index in [-0.39, 0.29) is 0 Å². The fraction of sp³-hybridized carbons (Fsp3) is 0.105. The molecule has 0 bridgehead atoms. The molecule has 0 saturated carbocycles. The number of hydrogen-bond acceptors (Lipinski definition) is 2. The Morgan fingerprint density at radius 3 is 2.33 bits per heavy atom. The lowest BCUT2D eigenvalue weighted by Gasteiger charge is -2.05. The van der Waals surface area contributed by atoms with E-state index in [2.05, 4.69) is 41.4 Å². The van der Waals surface area contributed by atoms with E-state index < -0.39 is 0 Å². The smallest absolute Gasteiger partial charge is 0.143 e. The number of benzene rings is 2. The van der Waals surface area contributed by atoms with E-state index in [1.54, 1.807) is 0 Å². The van der Waals surface area contributed by atoms with E-state index in [4.69, 9.17) is 4.42 Å². The van der Waals surface area contributed by atoms with Gasteiger partial charge in [-0.05, 0) is 37.6 Å². The van der Waals surface area contributed by atoms with Crippen molar-refractivity contribution in [2.24, 2.45) is 0 Å². The molecule has 2 aromatic heterocycles. The third-order valence-electron chi connectivity index (χ3n) is 3.80. The topological polar surface area (TPSA) is 26.0 Å². The molecule has 4 rings (SSSR count). The number of furan rings is 1. The minimum Gasteiger partial charge on any atom is -0.455 e. The molecule has 0 unspecified atom stereocenters. The normalized spacial score (nSPS) is 11.3. The number of hydrogen-bond donors (Lipinski definition) is 0. The Balaban J connectivity index is 2.09. The maximum absolute atomic E-state index is 6.10. The number of aryl methyl sites for hydroxylation is 2. The largest absolute Gasteiger partial charge is 0.455 e. The van der Waals surface area contributed by atoms with Crippen LogP contribution in [0.25, 0.3) is 33.1 Å². The third-order valence-corrected chi connectivity index (χ3v) is 3.80. The zero-order valence-electron chi connectivity index (χ0n) is 12.1. The highest BCUT2D eigenvalue weighted by Gasteiger charge is 2.12. The zero-order chi connectivity index (χ0) is 14.4. The summed E-state index contributed by atoms with van der Waals surface area (Å²) in [6.45, 7) is 4.05. The van der Waals surface area contributed by atoms with Crippen LogP contribution in [-0.2, 0) is 0 Å². The number of para-hydroxylation sites is 2. The summed E-state index contributed by atoms with van der Waals surface area (Å²) in [6.07, 6.45) is 0. The van der Waals surface area contributed by atoms with Gasteiger partial charge < -0.3 is 4.42 Å². The lowest BCUT2D eigenvalue weighted by atomic mass is 10.0. The van der Waals surface area contributed by atoms with E-state index in [9.17, 15) is 0 Å². The monoisotopic (exact) mass is 273 g/mol. The van der Waals surface area contributed by atoms with E-state index in [1.165, 1.54) is 0 Å². The average molecular weight is 273 g/mol. The van der Waals surface area contributed by atoms with Crippen LogP contribution in [0.15, 0.2) is 59.0 Å². The Morgan fingerprint density at radius 2 is 1.52 bits per heavy atom. The Kier molecular flexibility index (Phi) is 2.58. The third kappa shape index (κ3) is 1.91.